The normalized spacial score (nSPS) is 30.4. The first-order chi connectivity index (χ1) is 7.58. The smallest absolute Gasteiger partial charge is 0.252 e. The summed E-state index contributed by atoms with van der Waals surface area (Å²) in [6, 6.07) is 0. The Morgan fingerprint density at radius 3 is 2.50 bits per heavy atom. The zero-order chi connectivity index (χ0) is 11.7. The molecule has 2 aliphatic heterocycles. The van der Waals surface area contributed by atoms with Crippen molar-refractivity contribution in [3.05, 3.63) is 0 Å². The van der Waals surface area contributed by atoms with Crippen LogP contribution in [0.15, 0.2) is 0 Å². The third-order valence-corrected chi connectivity index (χ3v) is 2.89. The molecule has 0 aliphatic carbocycles. The van der Waals surface area contributed by atoms with Crippen LogP contribution in [0.4, 0.5) is 0 Å². The van der Waals surface area contributed by atoms with Gasteiger partial charge in [-0.1, -0.05) is 6.92 Å². The number of imide groups is 1. The van der Waals surface area contributed by atoms with E-state index in [-0.39, 0.29) is 24.9 Å². The summed E-state index contributed by atoms with van der Waals surface area (Å²) in [7, 11) is 0. The number of carbonyl (C=O) groups excluding carboxylic acids is 3. The Morgan fingerprint density at radius 2 is 2.00 bits per heavy atom. The molecule has 2 aliphatic rings. The molecule has 16 heavy (non-hydrogen) atoms. The second-order valence-corrected chi connectivity index (χ2v) is 4.22. The Hall–Kier alpha value is -1.43. The van der Waals surface area contributed by atoms with Gasteiger partial charge in [-0.3, -0.25) is 19.7 Å². The standard InChI is InChI=1S/C10H14N2O4/c1-6-2-3-16-9(6)10(15)12-4-7(13)11-8(14)5-12/h6,9H,2-5H2,1H3,(H,11,13,14). The molecule has 2 atom stereocenters. The van der Waals surface area contributed by atoms with Crippen LogP contribution in [-0.2, 0) is 19.1 Å². The number of hydrogen-bond donors (Lipinski definition) is 1. The van der Waals surface area contributed by atoms with Gasteiger partial charge >= 0.3 is 0 Å². The Labute approximate surface area is 92.9 Å². The summed E-state index contributed by atoms with van der Waals surface area (Å²) in [4.78, 5) is 35.5. The SMILES string of the molecule is CC1CCOC1C(=O)N1CC(=O)NC(=O)C1. The van der Waals surface area contributed by atoms with E-state index >= 15 is 0 Å². The number of amides is 3. The molecule has 0 bridgehead atoms. The molecule has 0 radical (unpaired) electrons. The number of nitrogens with zero attached hydrogens (tertiary/aromatic N) is 1. The molecule has 2 unspecified atom stereocenters. The minimum atomic E-state index is -0.501. The molecule has 6 heteroatoms. The minimum absolute atomic E-state index is 0.0584. The fourth-order valence-corrected chi connectivity index (χ4v) is 1.98. The maximum absolute atomic E-state index is 12.0. The molecule has 0 aromatic rings. The van der Waals surface area contributed by atoms with Crippen molar-refractivity contribution in [3.63, 3.8) is 0 Å². The lowest BCUT2D eigenvalue weighted by atomic mass is 10.0. The lowest BCUT2D eigenvalue weighted by Gasteiger charge is -2.28. The molecule has 2 heterocycles. The first-order valence-corrected chi connectivity index (χ1v) is 5.31. The molecule has 0 aromatic heterocycles. The van der Waals surface area contributed by atoms with Crippen LogP contribution in [-0.4, -0.2) is 48.4 Å². The van der Waals surface area contributed by atoms with E-state index in [1.807, 2.05) is 6.92 Å². The van der Waals surface area contributed by atoms with Crippen LogP contribution in [0, 0.1) is 5.92 Å². The van der Waals surface area contributed by atoms with Crippen LogP contribution in [0.2, 0.25) is 0 Å². The van der Waals surface area contributed by atoms with Crippen LogP contribution in [0.3, 0.4) is 0 Å². The van der Waals surface area contributed by atoms with Crippen molar-refractivity contribution in [2.24, 2.45) is 5.92 Å². The average molecular weight is 226 g/mol. The van der Waals surface area contributed by atoms with Crippen LogP contribution < -0.4 is 5.32 Å². The molecule has 0 saturated carbocycles. The van der Waals surface area contributed by atoms with E-state index in [9.17, 15) is 14.4 Å². The first kappa shape index (κ1) is 11.1. The summed E-state index contributed by atoms with van der Waals surface area (Å²) in [5, 5.41) is 2.15. The van der Waals surface area contributed by atoms with Crippen molar-refractivity contribution in [2.45, 2.75) is 19.4 Å². The summed E-state index contributed by atoms with van der Waals surface area (Å²) < 4.78 is 5.32. The number of ether oxygens (including phenoxy) is 1. The second-order valence-electron chi connectivity index (χ2n) is 4.22. The Kier molecular flexibility index (Phi) is 2.91. The molecule has 1 N–H and O–H groups in total. The highest BCUT2D eigenvalue weighted by Crippen LogP contribution is 2.22. The topological polar surface area (TPSA) is 75.7 Å². The summed E-state index contributed by atoms with van der Waals surface area (Å²) >= 11 is 0. The van der Waals surface area contributed by atoms with Crippen LogP contribution in [0.1, 0.15) is 13.3 Å². The van der Waals surface area contributed by atoms with Gasteiger partial charge in [-0.15, -0.1) is 0 Å². The number of piperazine rings is 1. The Morgan fingerprint density at radius 1 is 1.38 bits per heavy atom. The largest absolute Gasteiger partial charge is 0.368 e. The number of rotatable bonds is 1. The second kappa shape index (κ2) is 4.21. The first-order valence-electron chi connectivity index (χ1n) is 5.31. The van der Waals surface area contributed by atoms with Crippen LogP contribution in [0.5, 0.6) is 0 Å². The van der Waals surface area contributed by atoms with Gasteiger partial charge in [-0.25, -0.2) is 0 Å². The van der Waals surface area contributed by atoms with Crippen molar-refractivity contribution in [3.8, 4) is 0 Å². The van der Waals surface area contributed by atoms with Gasteiger partial charge in [0, 0.05) is 6.61 Å². The molecule has 3 amide bonds. The average Bonchev–Trinajstić information content (AvgIpc) is 2.62. The summed E-state index contributed by atoms with van der Waals surface area (Å²) in [6.45, 7) is 2.38. The lowest BCUT2D eigenvalue weighted by Crippen LogP contribution is -2.56. The highest BCUT2D eigenvalue weighted by Gasteiger charge is 2.37. The molecule has 2 fully saturated rings. The third-order valence-electron chi connectivity index (χ3n) is 2.89. The van der Waals surface area contributed by atoms with E-state index in [2.05, 4.69) is 5.32 Å². The van der Waals surface area contributed by atoms with E-state index in [1.54, 1.807) is 0 Å². The van der Waals surface area contributed by atoms with Crippen molar-refractivity contribution in [1.29, 1.82) is 0 Å². The molecule has 2 saturated heterocycles. The van der Waals surface area contributed by atoms with Crippen molar-refractivity contribution in [2.75, 3.05) is 19.7 Å². The Bertz CT molecular complexity index is 326. The maximum Gasteiger partial charge on any atom is 0.252 e. The highest BCUT2D eigenvalue weighted by molar-refractivity contribution is 6.03. The predicted molar refractivity (Wildman–Crippen MR) is 53.3 cm³/mol. The van der Waals surface area contributed by atoms with Crippen LogP contribution >= 0.6 is 0 Å². The van der Waals surface area contributed by atoms with Gasteiger partial charge in [-0.2, -0.15) is 0 Å². The van der Waals surface area contributed by atoms with E-state index in [4.69, 9.17) is 4.74 Å². The van der Waals surface area contributed by atoms with Gasteiger partial charge in [0.25, 0.3) is 5.91 Å². The van der Waals surface area contributed by atoms with Gasteiger partial charge in [0.15, 0.2) is 0 Å². The van der Waals surface area contributed by atoms with Gasteiger partial charge < -0.3 is 9.64 Å². The third kappa shape index (κ3) is 2.06. The zero-order valence-electron chi connectivity index (χ0n) is 9.06. The quantitative estimate of drug-likeness (QED) is 0.576. The maximum atomic E-state index is 12.0. The van der Waals surface area contributed by atoms with E-state index in [1.165, 1.54) is 4.90 Å². The van der Waals surface area contributed by atoms with Gasteiger partial charge in [0.05, 0.1) is 0 Å². The highest BCUT2D eigenvalue weighted by atomic mass is 16.5. The monoisotopic (exact) mass is 226 g/mol. The molecule has 0 aromatic carbocycles. The number of hydrogen-bond acceptors (Lipinski definition) is 4. The van der Waals surface area contributed by atoms with E-state index < -0.39 is 17.9 Å². The summed E-state index contributed by atoms with van der Waals surface area (Å²) in [5.74, 6) is -0.980. The van der Waals surface area contributed by atoms with Gasteiger partial charge in [0.2, 0.25) is 11.8 Å². The number of nitrogens with one attached hydrogen (secondary N) is 1. The predicted octanol–water partition coefficient (Wildman–Crippen LogP) is -1.10. The zero-order valence-corrected chi connectivity index (χ0v) is 9.06. The molecule has 88 valence electrons. The van der Waals surface area contributed by atoms with Crippen molar-refractivity contribution in [1.82, 2.24) is 10.2 Å². The molecule has 6 nitrogen and oxygen atoms in total. The van der Waals surface area contributed by atoms with E-state index in [0.717, 1.165) is 6.42 Å². The van der Waals surface area contributed by atoms with E-state index in [0.29, 0.717) is 6.61 Å². The molecule has 0 spiro atoms. The molecule has 2 rings (SSSR count). The fraction of sp³-hybridized carbons (Fsp3) is 0.700. The number of carbonyl (C=O) groups is 3. The van der Waals surface area contributed by atoms with Crippen molar-refractivity contribution >= 4 is 17.7 Å². The Balaban J connectivity index is 2.03. The minimum Gasteiger partial charge on any atom is -0.368 e. The summed E-state index contributed by atoms with van der Waals surface area (Å²) in [6.07, 6.45) is 0.336. The van der Waals surface area contributed by atoms with Gasteiger partial charge in [0.1, 0.15) is 19.2 Å². The molecular formula is C10H14N2O4. The molecular weight excluding hydrogens is 212 g/mol. The summed E-state index contributed by atoms with van der Waals surface area (Å²) in [5.41, 5.74) is 0. The van der Waals surface area contributed by atoms with Crippen molar-refractivity contribution < 1.29 is 19.1 Å². The fourth-order valence-electron chi connectivity index (χ4n) is 1.98. The van der Waals surface area contributed by atoms with Crippen LogP contribution in [0.25, 0.3) is 0 Å². The lowest BCUT2D eigenvalue weighted by molar-refractivity contribution is -0.151. The van der Waals surface area contributed by atoms with Gasteiger partial charge in [-0.05, 0) is 12.3 Å².